The van der Waals surface area contributed by atoms with Crippen LogP contribution in [-0.2, 0) is 0 Å². The summed E-state index contributed by atoms with van der Waals surface area (Å²) < 4.78 is 0. The zero-order chi connectivity index (χ0) is 10.6. The minimum absolute atomic E-state index is 0.0418. The van der Waals surface area contributed by atoms with Crippen LogP contribution in [0, 0.1) is 6.92 Å². The second-order valence-corrected chi connectivity index (χ2v) is 4.21. The van der Waals surface area contributed by atoms with Crippen molar-refractivity contribution in [1.29, 1.82) is 0 Å². The van der Waals surface area contributed by atoms with Crippen molar-refractivity contribution in [2.75, 3.05) is 0 Å². The van der Waals surface area contributed by atoms with Gasteiger partial charge >= 0.3 is 0 Å². The maximum atomic E-state index is 9.48. The molecule has 1 unspecified atom stereocenters. The molecule has 1 heteroatoms. The van der Waals surface area contributed by atoms with Crippen LogP contribution in [-0.4, -0.2) is 11.2 Å². The second-order valence-electron chi connectivity index (χ2n) is 4.21. The highest BCUT2D eigenvalue weighted by molar-refractivity contribution is 4.55. The van der Waals surface area contributed by atoms with Crippen LogP contribution in [0.25, 0.3) is 0 Å². The van der Waals surface area contributed by atoms with E-state index < -0.39 is 0 Å². The molecule has 0 rings (SSSR count). The molecule has 0 aromatic rings. The topological polar surface area (TPSA) is 20.2 Å². The lowest BCUT2D eigenvalue weighted by atomic mass is 10.0. The Morgan fingerprint density at radius 3 is 2.07 bits per heavy atom. The Kier molecular flexibility index (Phi) is 11.0. The van der Waals surface area contributed by atoms with E-state index in [0.717, 1.165) is 25.7 Å². The van der Waals surface area contributed by atoms with Crippen LogP contribution in [0.2, 0.25) is 0 Å². The lowest BCUT2D eigenvalue weighted by Gasteiger charge is -2.08. The molecule has 1 atom stereocenters. The van der Waals surface area contributed by atoms with E-state index >= 15 is 0 Å². The molecule has 0 heterocycles. The third-order valence-corrected chi connectivity index (χ3v) is 2.66. The SMILES string of the molecule is [CH2]CCCCCCCCC(O)CCC. The van der Waals surface area contributed by atoms with Gasteiger partial charge in [-0.2, -0.15) is 0 Å². The molecule has 14 heavy (non-hydrogen) atoms. The van der Waals surface area contributed by atoms with Crippen molar-refractivity contribution >= 4 is 0 Å². The fourth-order valence-corrected chi connectivity index (χ4v) is 1.74. The Morgan fingerprint density at radius 1 is 0.929 bits per heavy atom. The van der Waals surface area contributed by atoms with Crippen molar-refractivity contribution in [2.45, 2.75) is 77.2 Å². The summed E-state index contributed by atoms with van der Waals surface area (Å²) in [5.74, 6) is 0. The van der Waals surface area contributed by atoms with Gasteiger partial charge in [0.25, 0.3) is 0 Å². The van der Waals surface area contributed by atoms with E-state index in [4.69, 9.17) is 0 Å². The van der Waals surface area contributed by atoms with Crippen LogP contribution in [0.1, 0.15) is 71.1 Å². The number of hydrogen-bond acceptors (Lipinski definition) is 1. The van der Waals surface area contributed by atoms with Gasteiger partial charge in [-0.3, -0.25) is 0 Å². The zero-order valence-corrected chi connectivity index (χ0v) is 9.80. The van der Waals surface area contributed by atoms with Crippen molar-refractivity contribution in [3.05, 3.63) is 6.92 Å². The third kappa shape index (κ3) is 10.0. The first-order valence-corrected chi connectivity index (χ1v) is 6.28. The van der Waals surface area contributed by atoms with Gasteiger partial charge in [-0.25, -0.2) is 0 Å². The number of aliphatic hydroxyl groups is 1. The van der Waals surface area contributed by atoms with Crippen LogP contribution in [0.4, 0.5) is 0 Å². The minimum Gasteiger partial charge on any atom is -0.393 e. The second kappa shape index (κ2) is 11.0. The smallest absolute Gasteiger partial charge is 0.0540 e. The van der Waals surface area contributed by atoms with Crippen LogP contribution in [0.15, 0.2) is 0 Å². The molecule has 0 saturated carbocycles. The van der Waals surface area contributed by atoms with Gasteiger partial charge in [-0.05, 0) is 12.8 Å². The standard InChI is InChI=1S/C13H27O/c1-3-5-6-7-8-9-10-12-13(14)11-4-2/h13-14H,1,3-12H2,2H3. The maximum Gasteiger partial charge on any atom is 0.0540 e. The Morgan fingerprint density at radius 2 is 1.50 bits per heavy atom. The predicted octanol–water partition coefficient (Wildman–Crippen LogP) is 4.10. The molecule has 1 nitrogen and oxygen atoms in total. The Labute approximate surface area is 89.9 Å². The molecular formula is C13H27O. The first-order valence-electron chi connectivity index (χ1n) is 6.28. The first-order chi connectivity index (χ1) is 6.81. The van der Waals surface area contributed by atoms with Gasteiger partial charge in [-0.1, -0.05) is 65.2 Å². The largest absolute Gasteiger partial charge is 0.393 e. The third-order valence-electron chi connectivity index (χ3n) is 2.66. The summed E-state index contributed by atoms with van der Waals surface area (Å²) in [5, 5.41) is 9.48. The molecule has 0 aromatic heterocycles. The van der Waals surface area contributed by atoms with E-state index in [-0.39, 0.29) is 6.10 Å². The maximum absolute atomic E-state index is 9.48. The molecule has 0 aliphatic rings. The zero-order valence-electron chi connectivity index (χ0n) is 9.80. The molecule has 0 bridgehead atoms. The Balaban J connectivity index is 2.98. The van der Waals surface area contributed by atoms with Crippen molar-refractivity contribution < 1.29 is 5.11 Å². The fourth-order valence-electron chi connectivity index (χ4n) is 1.74. The quantitative estimate of drug-likeness (QED) is 0.525. The Hall–Kier alpha value is -0.0400. The summed E-state index contributed by atoms with van der Waals surface area (Å²) in [6.07, 6.45) is 11.9. The highest BCUT2D eigenvalue weighted by Crippen LogP contribution is 2.11. The number of rotatable bonds is 10. The summed E-state index contributed by atoms with van der Waals surface area (Å²) in [6.45, 7) is 5.96. The average molecular weight is 199 g/mol. The van der Waals surface area contributed by atoms with Gasteiger partial charge in [-0.15, -0.1) is 0 Å². The predicted molar refractivity (Wildman–Crippen MR) is 63.2 cm³/mol. The van der Waals surface area contributed by atoms with Gasteiger partial charge < -0.3 is 5.11 Å². The summed E-state index contributed by atoms with van der Waals surface area (Å²) in [5.41, 5.74) is 0. The molecule has 0 amide bonds. The van der Waals surface area contributed by atoms with E-state index in [9.17, 15) is 5.11 Å². The van der Waals surface area contributed by atoms with E-state index in [1.807, 2.05) is 0 Å². The molecule has 0 spiro atoms. The summed E-state index contributed by atoms with van der Waals surface area (Å²) >= 11 is 0. The molecule has 0 saturated heterocycles. The number of unbranched alkanes of at least 4 members (excludes halogenated alkanes) is 6. The summed E-state index contributed by atoms with van der Waals surface area (Å²) in [6, 6.07) is 0. The average Bonchev–Trinajstić information content (AvgIpc) is 2.17. The van der Waals surface area contributed by atoms with Gasteiger partial charge in [0.15, 0.2) is 0 Å². The lowest BCUT2D eigenvalue weighted by Crippen LogP contribution is -2.04. The number of aliphatic hydroxyl groups excluding tert-OH is 1. The van der Waals surface area contributed by atoms with Crippen molar-refractivity contribution in [3.8, 4) is 0 Å². The lowest BCUT2D eigenvalue weighted by molar-refractivity contribution is 0.150. The molecule has 85 valence electrons. The molecule has 1 radical (unpaired) electrons. The molecule has 0 aliphatic heterocycles. The van der Waals surface area contributed by atoms with Crippen LogP contribution < -0.4 is 0 Å². The van der Waals surface area contributed by atoms with Crippen LogP contribution in [0.5, 0.6) is 0 Å². The van der Waals surface area contributed by atoms with Crippen molar-refractivity contribution in [1.82, 2.24) is 0 Å². The monoisotopic (exact) mass is 199 g/mol. The molecule has 0 aliphatic carbocycles. The van der Waals surface area contributed by atoms with Gasteiger partial charge in [0, 0.05) is 0 Å². The van der Waals surface area contributed by atoms with E-state index in [1.54, 1.807) is 0 Å². The Bertz CT molecular complexity index is 101. The van der Waals surface area contributed by atoms with Gasteiger partial charge in [0.2, 0.25) is 0 Å². The molecule has 1 N–H and O–H groups in total. The van der Waals surface area contributed by atoms with Gasteiger partial charge in [0.1, 0.15) is 0 Å². The number of hydrogen-bond donors (Lipinski definition) is 1. The normalized spacial score (nSPS) is 13.1. The molecular weight excluding hydrogens is 172 g/mol. The summed E-state index contributed by atoms with van der Waals surface area (Å²) in [4.78, 5) is 0. The first kappa shape index (κ1) is 14.0. The summed E-state index contributed by atoms with van der Waals surface area (Å²) in [7, 11) is 0. The van der Waals surface area contributed by atoms with E-state index in [2.05, 4.69) is 13.8 Å². The fraction of sp³-hybridized carbons (Fsp3) is 0.923. The molecule has 0 fully saturated rings. The van der Waals surface area contributed by atoms with Crippen LogP contribution >= 0.6 is 0 Å². The molecule has 0 aromatic carbocycles. The van der Waals surface area contributed by atoms with E-state index in [0.29, 0.717) is 0 Å². The minimum atomic E-state index is -0.0418. The van der Waals surface area contributed by atoms with Crippen molar-refractivity contribution in [3.63, 3.8) is 0 Å². The highest BCUT2D eigenvalue weighted by atomic mass is 16.3. The highest BCUT2D eigenvalue weighted by Gasteiger charge is 2.01. The van der Waals surface area contributed by atoms with Gasteiger partial charge in [0.05, 0.1) is 6.10 Å². The van der Waals surface area contributed by atoms with E-state index in [1.165, 1.54) is 38.5 Å². The van der Waals surface area contributed by atoms with Crippen LogP contribution in [0.3, 0.4) is 0 Å². The van der Waals surface area contributed by atoms with Crippen molar-refractivity contribution in [2.24, 2.45) is 0 Å².